The summed E-state index contributed by atoms with van der Waals surface area (Å²) in [6.07, 6.45) is 8.93. The molecule has 0 aliphatic heterocycles. The van der Waals surface area contributed by atoms with E-state index in [2.05, 4.69) is 97.1 Å². The number of para-hydroxylation sites is 1. The summed E-state index contributed by atoms with van der Waals surface area (Å²) in [7, 11) is 0. The molecule has 0 saturated heterocycles. The Morgan fingerprint density at radius 1 is 0.545 bits per heavy atom. The molecule has 1 nitrogen and oxygen atoms in total. The summed E-state index contributed by atoms with van der Waals surface area (Å²) < 4.78 is 6.10. The lowest BCUT2D eigenvalue weighted by Gasteiger charge is -2.20. The van der Waals surface area contributed by atoms with Crippen LogP contribution in [0.5, 0.6) is 0 Å². The molecule has 1 aliphatic carbocycles. The smallest absolute Gasteiger partial charge is 0.135 e. The standard InChI is InChI=1S/C32H22O/c1-2-10-21(11-3-1)31-24-13-4-6-15-26(24)32(27-16-7-5-14-25(27)31)22-18-19-30-28(20-22)23-12-8-9-17-29(23)33-30/h1-2,4-10,12-20H,3,11H2. The van der Waals surface area contributed by atoms with Crippen molar-refractivity contribution in [3.05, 3.63) is 115 Å². The quantitative estimate of drug-likeness (QED) is 0.253. The lowest BCUT2D eigenvalue weighted by atomic mass is 9.84. The number of hydrogen-bond acceptors (Lipinski definition) is 1. The Hall–Kier alpha value is -4.10. The number of hydrogen-bond donors (Lipinski definition) is 0. The Morgan fingerprint density at radius 2 is 1.15 bits per heavy atom. The lowest BCUT2D eigenvalue weighted by Crippen LogP contribution is -1.95. The SMILES string of the molecule is C1=CCCC(c2c3ccccc3c(-c3ccc4oc5ccccc5c4c3)c3ccccc23)=C1. The van der Waals surface area contributed by atoms with Gasteiger partial charge in [-0.25, -0.2) is 0 Å². The monoisotopic (exact) mass is 422 g/mol. The van der Waals surface area contributed by atoms with E-state index in [-0.39, 0.29) is 0 Å². The maximum Gasteiger partial charge on any atom is 0.135 e. The third-order valence-electron chi connectivity index (χ3n) is 6.93. The molecule has 33 heavy (non-hydrogen) atoms. The second kappa shape index (κ2) is 7.21. The van der Waals surface area contributed by atoms with Crippen LogP contribution in [0, 0.1) is 0 Å². The van der Waals surface area contributed by atoms with E-state index in [0.717, 1.165) is 24.0 Å². The van der Waals surface area contributed by atoms with Gasteiger partial charge in [0.2, 0.25) is 0 Å². The van der Waals surface area contributed by atoms with Crippen molar-refractivity contribution in [1.29, 1.82) is 0 Å². The number of allylic oxidation sites excluding steroid dienone is 4. The molecule has 0 N–H and O–H groups in total. The van der Waals surface area contributed by atoms with Crippen molar-refractivity contribution in [3.8, 4) is 11.1 Å². The number of rotatable bonds is 2. The molecular weight excluding hydrogens is 400 g/mol. The molecular formula is C32H22O. The highest BCUT2D eigenvalue weighted by Gasteiger charge is 2.18. The molecule has 1 aliphatic rings. The van der Waals surface area contributed by atoms with Gasteiger partial charge in [-0.2, -0.15) is 0 Å². The Balaban J connectivity index is 1.61. The maximum atomic E-state index is 6.10. The van der Waals surface area contributed by atoms with Crippen LogP contribution in [0.15, 0.2) is 114 Å². The second-order valence-electron chi connectivity index (χ2n) is 8.81. The maximum absolute atomic E-state index is 6.10. The molecule has 0 radical (unpaired) electrons. The Labute approximate surface area is 192 Å². The zero-order valence-corrected chi connectivity index (χ0v) is 18.2. The van der Waals surface area contributed by atoms with E-state index >= 15 is 0 Å². The van der Waals surface area contributed by atoms with Crippen molar-refractivity contribution in [3.63, 3.8) is 0 Å². The molecule has 156 valence electrons. The van der Waals surface area contributed by atoms with Crippen LogP contribution in [0.3, 0.4) is 0 Å². The highest BCUT2D eigenvalue weighted by Crippen LogP contribution is 2.44. The Morgan fingerprint density at radius 3 is 1.82 bits per heavy atom. The zero-order valence-electron chi connectivity index (χ0n) is 18.2. The molecule has 6 aromatic rings. The average Bonchev–Trinajstić information content (AvgIpc) is 3.25. The van der Waals surface area contributed by atoms with Gasteiger partial charge in [-0.1, -0.05) is 91.0 Å². The van der Waals surface area contributed by atoms with Crippen LogP contribution in [-0.4, -0.2) is 0 Å². The van der Waals surface area contributed by atoms with Gasteiger partial charge in [0.15, 0.2) is 0 Å². The van der Waals surface area contributed by atoms with E-state index < -0.39 is 0 Å². The molecule has 7 rings (SSSR count). The first-order chi connectivity index (χ1) is 16.4. The van der Waals surface area contributed by atoms with Crippen LogP contribution < -0.4 is 0 Å². The second-order valence-corrected chi connectivity index (χ2v) is 8.81. The number of furan rings is 1. The third-order valence-corrected chi connectivity index (χ3v) is 6.93. The van der Waals surface area contributed by atoms with Crippen LogP contribution in [0.25, 0.3) is 60.2 Å². The van der Waals surface area contributed by atoms with Crippen molar-refractivity contribution in [2.45, 2.75) is 12.8 Å². The summed E-state index contributed by atoms with van der Waals surface area (Å²) in [6, 6.07) is 32.7. The van der Waals surface area contributed by atoms with Crippen LogP contribution in [0.2, 0.25) is 0 Å². The van der Waals surface area contributed by atoms with E-state index in [1.807, 2.05) is 12.1 Å². The fourth-order valence-corrected chi connectivity index (χ4v) is 5.48. The predicted octanol–water partition coefficient (Wildman–Crippen LogP) is 9.29. The third kappa shape index (κ3) is 2.79. The van der Waals surface area contributed by atoms with Crippen molar-refractivity contribution < 1.29 is 4.42 Å². The topological polar surface area (TPSA) is 13.1 Å². The fourth-order valence-electron chi connectivity index (χ4n) is 5.48. The molecule has 0 amide bonds. The molecule has 0 saturated carbocycles. The highest BCUT2D eigenvalue weighted by molar-refractivity contribution is 6.19. The molecule has 0 fully saturated rings. The summed E-state index contributed by atoms with van der Waals surface area (Å²) >= 11 is 0. The largest absolute Gasteiger partial charge is 0.456 e. The molecule has 5 aromatic carbocycles. The molecule has 1 heterocycles. The summed E-state index contributed by atoms with van der Waals surface area (Å²) in [5.74, 6) is 0. The van der Waals surface area contributed by atoms with Crippen LogP contribution in [0.1, 0.15) is 18.4 Å². The van der Waals surface area contributed by atoms with Crippen molar-refractivity contribution in [2.24, 2.45) is 0 Å². The molecule has 0 unspecified atom stereocenters. The van der Waals surface area contributed by atoms with Gasteiger partial charge in [0.05, 0.1) is 0 Å². The van der Waals surface area contributed by atoms with E-state index in [4.69, 9.17) is 4.42 Å². The van der Waals surface area contributed by atoms with Gasteiger partial charge in [0.25, 0.3) is 0 Å². The fraction of sp³-hybridized carbons (Fsp3) is 0.0625. The zero-order chi connectivity index (χ0) is 21.8. The minimum absolute atomic E-state index is 0.935. The van der Waals surface area contributed by atoms with Crippen molar-refractivity contribution >= 4 is 49.1 Å². The van der Waals surface area contributed by atoms with Gasteiger partial charge in [-0.3, -0.25) is 0 Å². The van der Waals surface area contributed by atoms with Crippen molar-refractivity contribution in [2.75, 3.05) is 0 Å². The lowest BCUT2D eigenvalue weighted by molar-refractivity contribution is 0.669. The molecule has 0 atom stereocenters. The van der Waals surface area contributed by atoms with Gasteiger partial charge in [0, 0.05) is 10.8 Å². The molecule has 1 aromatic heterocycles. The highest BCUT2D eigenvalue weighted by atomic mass is 16.3. The first-order valence-electron chi connectivity index (χ1n) is 11.6. The first-order valence-corrected chi connectivity index (χ1v) is 11.6. The van der Waals surface area contributed by atoms with Crippen LogP contribution in [-0.2, 0) is 0 Å². The average molecular weight is 423 g/mol. The van der Waals surface area contributed by atoms with Crippen LogP contribution in [0.4, 0.5) is 0 Å². The van der Waals surface area contributed by atoms with E-state index in [1.54, 1.807) is 0 Å². The Bertz CT molecular complexity index is 1700. The normalized spacial score (nSPS) is 13.9. The minimum Gasteiger partial charge on any atom is -0.456 e. The van der Waals surface area contributed by atoms with Crippen molar-refractivity contribution in [1.82, 2.24) is 0 Å². The van der Waals surface area contributed by atoms with Gasteiger partial charge < -0.3 is 4.42 Å². The molecule has 0 bridgehead atoms. The first kappa shape index (κ1) is 18.5. The summed E-state index contributed by atoms with van der Waals surface area (Å²) in [4.78, 5) is 0. The van der Waals surface area contributed by atoms with E-state index in [9.17, 15) is 0 Å². The summed E-state index contributed by atoms with van der Waals surface area (Å²) in [5, 5.41) is 7.58. The van der Waals surface area contributed by atoms with E-state index in [1.165, 1.54) is 54.6 Å². The Kier molecular flexibility index (Phi) is 4.04. The van der Waals surface area contributed by atoms with Crippen LogP contribution >= 0.6 is 0 Å². The van der Waals surface area contributed by atoms with Gasteiger partial charge in [0.1, 0.15) is 11.2 Å². The van der Waals surface area contributed by atoms with Gasteiger partial charge >= 0.3 is 0 Å². The predicted molar refractivity (Wildman–Crippen MR) is 141 cm³/mol. The number of fused-ring (bicyclic) bond motifs is 5. The summed E-state index contributed by atoms with van der Waals surface area (Å²) in [5.41, 5.74) is 7.20. The summed E-state index contributed by atoms with van der Waals surface area (Å²) in [6.45, 7) is 0. The molecule has 0 spiro atoms. The van der Waals surface area contributed by atoms with Gasteiger partial charge in [-0.05, 0) is 74.8 Å². The van der Waals surface area contributed by atoms with E-state index in [0.29, 0.717) is 0 Å². The molecule has 1 heteroatoms. The minimum atomic E-state index is 0.935. The number of benzene rings is 5. The van der Waals surface area contributed by atoms with Gasteiger partial charge in [-0.15, -0.1) is 0 Å².